The molecule has 4 heteroatoms. The Hall–Kier alpha value is -1.58. The molecule has 0 fully saturated rings. The van der Waals surface area contributed by atoms with Gasteiger partial charge in [-0.15, -0.1) is 0 Å². The van der Waals surface area contributed by atoms with Crippen LogP contribution in [0.25, 0.3) is 0 Å². The Balaban J connectivity index is 2.73. The van der Waals surface area contributed by atoms with E-state index < -0.39 is 0 Å². The molecule has 0 saturated heterocycles. The number of imidazole rings is 1. The summed E-state index contributed by atoms with van der Waals surface area (Å²) < 4.78 is 6.67. The van der Waals surface area contributed by atoms with Crippen LogP contribution < -0.4 is 0 Å². The van der Waals surface area contributed by atoms with Gasteiger partial charge in [-0.25, -0.2) is 4.98 Å². The molecule has 0 saturated carbocycles. The Kier molecular flexibility index (Phi) is 2.84. The number of ketones is 1. The van der Waals surface area contributed by atoms with E-state index in [0.717, 1.165) is 0 Å². The summed E-state index contributed by atoms with van der Waals surface area (Å²) in [5.41, 5.74) is 0.362. The second kappa shape index (κ2) is 3.89. The second-order valence-corrected chi connectivity index (χ2v) is 2.61. The van der Waals surface area contributed by atoms with Crippen LogP contribution in [0.15, 0.2) is 24.9 Å². The van der Waals surface area contributed by atoms with Gasteiger partial charge in [0.15, 0.2) is 5.76 Å². The first-order valence-corrected chi connectivity index (χ1v) is 3.99. The standard InChI is InChI=1S/C9H12N2O2/c1-4-13-7(2)9(12)8-5-11(3)6-10-8/h5-6H,2,4H2,1,3H3. The third-order valence-corrected chi connectivity index (χ3v) is 1.51. The average molecular weight is 180 g/mol. The van der Waals surface area contributed by atoms with Crippen molar-refractivity contribution in [3.8, 4) is 0 Å². The van der Waals surface area contributed by atoms with Crippen molar-refractivity contribution in [2.75, 3.05) is 6.61 Å². The molecule has 1 aromatic rings. The van der Waals surface area contributed by atoms with Crippen LogP contribution in [0.5, 0.6) is 0 Å². The fourth-order valence-electron chi connectivity index (χ4n) is 0.913. The molecule has 4 nitrogen and oxygen atoms in total. The zero-order chi connectivity index (χ0) is 9.84. The molecule has 0 radical (unpaired) electrons. The number of aryl methyl sites for hydroxylation is 1. The molecule has 0 bridgehead atoms. The molecule has 0 amide bonds. The molecule has 13 heavy (non-hydrogen) atoms. The number of hydrogen-bond donors (Lipinski definition) is 0. The topological polar surface area (TPSA) is 44.1 Å². The molecule has 0 unspecified atom stereocenters. The largest absolute Gasteiger partial charge is 0.490 e. The smallest absolute Gasteiger partial charge is 0.246 e. The van der Waals surface area contributed by atoms with Crippen molar-refractivity contribution in [2.24, 2.45) is 7.05 Å². The lowest BCUT2D eigenvalue weighted by Crippen LogP contribution is -2.06. The maximum absolute atomic E-state index is 11.4. The Morgan fingerprint density at radius 1 is 1.77 bits per heavy atom. The minimum atomic E-state index is -0.262. The second-order valence-electron chi connectivity index (χ2n) is 2.61. The minimum Gasteiger partial charge on any atom is -0.490 e. The zero-order valence-electron chi connectivity index (χ0n) is 7.78. The normalized spacial score (nSPS) is 9.69. The van der Waals surface area contributed by atoms with E-state index in [-0.39, 0.29) is 11.5 Å². The Morgan fingerprint density at radius 2 is 2.46 bits per heavy atom. The van der Waals surface area contributed by atoms with Crippen LogP contribution in [0.2, 0.25) is 0 Å². The van der Waals surface area contributed by atoms with E-state index in [1.54, 1.807) is 31.1 Å². The molecule has 0 aliphatic carbocycles. The van der Waals surface area contributed by atoms with E-state index in [9.17, 15) is 4.79 Å². The van der Waals surface area contributed by atoms with E-state index in [4.69, 9.17) is 4.74 Å². The summed E-state index contributed by atoms with van der Waals surface area (Å²) in [4.78, 5) is 15.3. The third-order valence-electron chi connectivity index (χ3n) is 1.51. The molecular formula is C9H12N2O2. The van der Waals surface area contributed by atoms with Crippen LogP contribution in [-0.4, -0.2) is 21.9 Å². The van der Waals surface area contributed by atoms with E-state index in [1.165, 1.54) is 0 Å². The zero-order valence-corrected chi connectivity index (χ0v) is 7.78. The van der Waals surface area contributed by atoms with Gasteiger partial charge in [-0.1, -0.05) is 6.58 Å². The van der Waals surface area contributed by atoms with Crippen molar-refractivity contribution in [1.82, 2.24) is 9.55 Å². The predicted octanol–water partition coefficient (Wildman–Crippen LogP) is 1.15. The summed E-state index contributed by atoms with van der Waals surface area (Å²) in [5.74, 6) is -0.122. The van der Waals surface area contributed by atoms with E-state index in [2.05, 4.69) is 11.6 Å². The highest BCUT2D eigenvalue weighted by molar-refractivity contribution is 6.05. The maximum atomic E-state index is 11.4. The number of nitrogens with zero attached hydrogens (tertiary/aromatic N) is 2. The highest BCUT2D eigenvalue weighted by atomic mass is 16.5. The van der Waals surface area contributed by atoms with Crippen LogP contribution in [0.4, 0.5) is 0 Å². The first kappa shape index (κ1) is 9.51. The summed E-state index contributed by atoms with van der Waals surface area (Å²) in [7, 11) is 1.80. The molecule has 0 N–H and O–H groups in total. The number of carbonyl (C=O) groups is 1. The number of carbonyl (C=O) groups excluding carboxylic acids is 1. The third kappa shape index (κ3) is 2.18. The average Bonchev–Trinajstić information content (AvgIpc) is 2.51. The first-order valence-electron chi connectivity index (χ1n) is 3.99. The van der Waals surface area contributed by atoms with E-state index in [1.807, 2.05) is 0 Å². The van der Waals surface area contributed by atoms with Gasteiger partial charge in [0.2, 0.25) is 5.78 Å². The summed E-state index contributed by atoms with van der Waals surface area (Å²) in [6.07, 6.45) is 3.19. The van der Waals surface area contributed by atoms with Crippen LogP contribution in [0, 0.1) is 0 Å². The summed E-state index contributed by atoms with van der Waals surface area (Å²) >= 11 is 0. The van der Waals surface area contributed by atoms with Crippen molar-refractivity contribution < 1.29 is 9.53 Å². The van der Waals surface area contributed by atoms with Gasteiger partial charge >= 0.3 is 0 Å². The van der Waals surface area contributed by atoms with Crippen LogP contribution in [0.3, 0.4) is 0 Å². The minimum absolute atomic E-state index is 0.140. The van der Waals surface area contributed by atoms with Crippen LogP contribution >= 0.6 is 0 Å². The molecule has 1 heterocycles. The molecule has 0 aliphatic heterocycles. The van der Waals surface area contributed by atoms with Gasteiger partial charge in [0.05, 0.1) is 12.9 Å². The molecule has 0 atom stereocenters. The fourth-order valence-corrected chi connectivity index (χ4v) is 0.913. The monoisotopic (exact) mass is 180 g/mol. The van der Waals surface area contributed by atoms with E-state index >= 15 is 0 Å². The van der Waals surface area contributed by atoms with Crippen molar-refractivity contribution in [2.45, 2.75) is 6.92 Å². The van der Waals surface area contributed by atoms with Crippen LogP contribution in [-0.2, 0) is 11.8 Å². The number of Topliss-reactive ketones (excluding diaryl/α,β-unsaturated/α-hetero) is 1. The maximum Gasteiger partial charge on any atom is 0.246 e. The number of rotatable bonds is 4. The van der Waals surface area contributed by atoms with Crippen molar-refractivity contribution in [3.63, 3.8) is 0 Å². The summed E-state index contributed by atoms with van der Waals surface area (Å²) in [5, 5.41) is 0. The number of allylic oxidation sites excluding steroid dienone is 1. The van der Waals surface area contributed by atoms with Gasteiger partial charge in [-0.05, 0) is 6.92 Å². The van der Waals surface area contributed by atoms with E-state index in [0.29, 0.717) is 12.3 Å². The predicted molar refractivity (Wildman–Crippen MR) is 48.3 cm³/mol. The van der Waals surface area contributed by atoms with Crippen LogP contribution in [0.1, 0.15) is 17.4 Å². The number of ether oxygens (including phenoxy) is 1. The summed E-state index contributed by atoms with van der Waals surface area (Å²) in [6.45, 7) is 5.75. The SMILES string of the molecule is C=C(OCC)C(=O)c1cn(C)cn1. The Morgan fingerprint density at radius 3 is 2.92 bits per heavy atom. The highest BCUT2D eigenvalue weighted by Crippen LogP contribution is 2.04. The summed E-state index contributed by atoms with van der Waals surface area (Å²) in [6, 6.07) is 0. The van der Waals surface area contributed by atoms with Gasteiger partial charge in [-0.3, -0.25) is 4.79 Å². The molecular weight excluding hydrogens is 168 g/mol. The van der Waals surface area contributed by atoms with Gasteiger partial charge in [0.1, 0.15) is 5.69 Å². The number of hydrogen-bond acceptors (Lipinski definition) is 3. The lowest BCUT2D eigenvalue weighted by atomic mass is 10.3. The first-order chi connectivity index (χ1) is 6.15. The molecule has 1 rings (SSSR count). The van der Waals surface area contributed by atoms with Gasteiger partial charge in [0.25, 0.3) is 0 Å². The fraction of sp³-hybridized carbons (Fsp3) is 0.333. The molecule has 0 aliphatic rings. The molecule has 0 spiro atoms. The molecule has 70 valence electrons. The van der Waals surface area contributed by atoms with Gasteiger partial charge < -0.3 is 9.30 Å². The lowest BCUT2D eigenvalue weighted by molar-refractivity contribution is 0.0924. The Labute approximate surface area is 76.8 Å². The van der Waals surface area contributed by atoms with Crippen molar-refractivity contribution in [3.05, 3.63) is 30.6 Å². The molecule has 0 aromatic carbocycles. The van der Waals surface area contributed by atoms with Gasteiger partial charge in [-0.2, -0.15) is 0 Å². The number of aromatic nitrogens is 2. The Bertz CT molecular complexity index is 328. The van der Waals surface area contributed by atoms with Crippen molar-refractivity contribution in [1.29, 1.82) is 0 Å². The van der Waals surface area contributed by atoms with Gasteiger partial charge in [0, 0.05) is 13.2 Å². The quantitative estimate of drug-likeness (QED) is 0.396. The van der Waals surface area contributed by atoms with Crippen molar-refractivity contribution >= 4 is 5.78 Å². The lowest BCUT2D eigenvalue weighted by Gasteiger charge is -2.02. The molecule has 1 aromatic heterocycles. The highest BCUT2D eigenvalue weighted by Gasteiger charge is 2.13.